The Morgan fingerprint density at radius 2 is 1.95 bits per heavy atom. The minimum Gasteiger partial charge on any atom is -0.508 e. The zero-order valence-corrected chi connectivity index (χ0v) is 10.4. The third-order valence-corrected chi connectivity index (χ3v) is 2.90. The van der Waals surface area contributed by atoms with Crippen LogP contribution in [0, 0.1) is 0 Å². The Kier molecular flexibility index (Phi) is 2.83. The molecule has 0 atom stereocenters. The first-order valence-corrected chi connectivity index (χ1v) is 5.93. The van der Waals surface area contributed by atoms with Gasteiger partial charge >= 0.3 is 0 Å². The molecule has 0 aliphatic carbocycles. The molecule has 1 aliphatic heterocycles. The lowest BCUT2D eigenvalue weighted by atomic mass is 10.2. The van der Waals surface area contributed by atoms with Crippen LogP contribution in [0.5, 0.6) is 17.2 Å². The number of carbonyl (C=O) groups excluding carboxylic acids is 1. The number of nitrogen functional groups attached to an aromatic ring is 1. The first-order valence-electron chi connectivity index (χ1n) is 5.93. The van der Waals surface area contributed by atoms with Crippen LogP contribution in [0.1, 0.15) is 10.4 Å². The largest absolute Gasteiger partial charge is 0.508 e. The number of fused-ring (bicyclic) bond motifs is 1. The van der Waals surface area contributed by atoms with Crippen molar-refractivity contribution in [3.8, 4) is 17.2 Å². The summed E-state index contributed by atoms with van der Waals surface area (Å²) >= 11 is 0. The Morgan fingerprint density at radius 1 is 1.20 bits per heavy atom. The van der Waals surface area contributed by atoms with Crippen LogP contribution in [0.25, 0.3) is 0 Å². The lowest BCUT2D eigenvalue weighted by Crippen LogP contribution is -2.13. The van der Waals surface area contributed by atoms with Crippen LogP contribution in [0.3, 0.4) is 0 Å². The highest BCUT2D eigenvalue weighted by atomic mass is 16.7. The summed E-state index contributed by atoms with van der Waals surface area (Å²) in [6.07, 6.45) is 0. The van der Waals surface area contributed by atoms with Gasteiger partial charge in [-0.15, -0.1) is 0 Å². The molecule has 0 bridgehead atoms. The lowest BCUT2D eigenvalue weighted by Gasteiger charge is -2.09. The molecular weight excluding hydrogens is 260 g/mol. The maximum Gasteiger partial charge on any atom is 0.255 e. The second-order valence-electron chi connectivity index (χ2n) is 4.30. The van der Waals surface area contributed by atoms with Crippen LogP contribution in [-0.2, 0) is 0 Å². The number of benzene rings is 2. The molecular formula is C14H12N2O4. The minimum atomic E-state index is -0.369. The highest BCUT2D eigenvalue weighted by Gasteiger charge is 2.17. The van der Waals surface area contributed by atoms with E-state index in [-0.39, 0.29) is 18.4 Å². The maximum atomic E-state index is 12.1. The van der Waals surface area contributed by atoms with E-state index in [9.17, 15) is 9.90 Å². The molecule has 1 aliphatic rings. The third-order valence-electron chi connectivity index (χ3n) is 2.90. The Labute approximate surface area is 114 Å². The quantitative estimate of drug-likeness (QED) is 0.726. The van der Waals surface area contributed by atoms with Crippen LogP contribution in [0.2, 0.25) is 0 Å². The van der Waals surface area contributed by atoms with Gasteiger partial charge in [0.15, 0.2) is 11.5 Å². The van der Waals surface area contributed by atoms with Gasteiger partial charge in [0.2, 0.25) is 6.79 Å². The van der Waals surface area contributed by atoms with Gasteiger partial charge < -0.3 is 25.6 Å². The molecule has 6 heteroatoms. The lowest BCUT2D eigenvalue weighted by molar-refractivity contribution is 0.102. The number of rotatable bonds is 2. The van der Waals surface area contributed by atoms with Crippen molar-refractivity contribution < 1.29 is 19.4 Å². The molecule has 0 radical (unpaired) electrons. The number of aromatic hydroxyl groups is 1. The van der Waals surface area contributed by atoms with E-state index in [1.54, 1.807) is 24.3 Å². The molecule has 2 aromatic carbocycles. The van der Waals surface area contributed by atoms with Crippen molar-refractivity contribution in [2.75, 3.05) is 17.8 Å². The molecule has 102 valence electrons. The van der Waals surface area contributed by atoms with E-state index in [4.69, 9.17) is 15.2 Å². The summed E-state index contributed by atoms with van der Waals surface area (Å²) in [5, 5.41) is 12.0. The molecule has 0 unspecified atom stereocenters. The molecule has 0 saturated heterocycles. The second-order valence-corrected chi connectivity index (χ2v) is 4.30. The van der Waals surface area contributed by atoms with Gasteiger partial charge in [0.05, 0.1) is 11.4 Å². The van der Waals surface area contributed by atoms with Gasteiger partial charge in [0, 0.05) is 17.7 Å². The second kappa shape index (κ2) is 4.65. The zero-order valence-electron chi connectivity index (χ0n) is 10.4. The number of nitrogens with one attached hydrogen (secondary N) is 1. The Morgan fingerprint density at radius 3 is 2.70 bits per heavy atom. The minimum absolute atomic E-state index is 0.0244. The van der Waals surface area contributed by atoms with E-state index in [2.05, 4.69) is 5.32 Å². The molecule has 3 rings (SSSR count). The van der Waals surface area contributed by atoms with Gasteiger partial charge in [0.1, 0.15) is 5.75 Å². The number of carbonyl (C=O) groups is 1. The van der Waals surface area contributed by atoms with Crippen LogP contribution >= 0.6 is 0 Å². The average molecular weight is 272 g/mol. The summed E-state index contributed by atoms with van der Waals surface area (Å²) in [6, 6.07) is 9.26. The molecule has 0 saturated carbocycles. The van der Waals surface area contributed by atoms with Gasteiger partial charge in [-0.25, -0.2) is 0 Å². The van der Waals surface area contributed by atoms with E-state index < -0.39 is 0 Å². The Balaban J connectivity index is 1.86. The highest BCUT2D eigenvalue weighted by Crippen LogP contribution is 2.38. The normalized spacial score (nSPS) is 12.2. The van der Waals surface area contributed by atoms with Crippen molar-refractivity contribution >= 4 is 17.3 Å². The predicted octanol–water partition coefficient (Wildman–Crippen LogP) is 1.96. The summed E-state index contributed by atoms with van der Waals surface area (Å²) in [5.41, 5.74) is 7.00. The molecule has 2 aromatic rings. The van der Waals surface area contributed by atoms with Crippen molar-refractivity contribution in [2.24, 2.45) is 0 Å². The van der Waals surface area contributed by atoms with Crippen molar-refractivity contribution in [3.05, 3.63) is 42.0 Å². The predicted molar refractivity (Wildman–Crippen MR) is 73.0 cm³/mol. The van der Waals surface area contributed by atoms with Crippen LogP contribution in [0.15, 0.2) is 36.4 Å². The van der Waals surface area contributed by atoms with E-state index in [1.807, 2.05) is 0 Å². The number of ether oxygens (including phenoxy) is 2. The molecule has 6 nitrogen and oxygen atoms in total. The average Bonchev–Trinajstić information content (AvgIpc) is 2.86. The van der Waals surface area contributed by atoms with Crippen molar-refractivity contribution in [1.29, 1.82) is 0 Å². The van der Waals surface area contributed by atoms with Crippen LogP contribution < -0.4 is 20.5 Å². The molecule has 0 spiro atoms. The van der Waals surface area contributed by atoms with Gasteiger partial charge in [-0.05, 0) is 18.2 Å². The number of phenolic OH excluding ortho intramolecular Hbond substituents is 1. The van der Waals surface area contributed by atoms with Gasteiger partial charge in [-0.2, -0.15) is 0 Å². The number of hydrogen-bond acceptors (Lipinski definition) is 5. The van der Waals surface area contributed by atoms with Crippen molar-refractivity contribution in [2.45, 2.75) is 0 Å². The number of amides is 1. The van der Waals surface area contributed by atoms with Crippen molar-refractivity contribution in [1.82, 2.24) is 0 Å². The SMILES string of the molecule is Nc1cc2c(cc1NC(=O)c1cccc(O)c1)OCO2. The van der Waals surface area contributed by atoms with E-state index in [0.717, 1.165) is 0 Å². The van der Waals surface area contributed by atoms with Crippen LogP contribution in [0.4, 0.5) is 11.4 Å². The summed E-state index contributed by atoms with van der Waals surface area (Å²) in [6.45, 7) is 0.138. The standard InChI is InChI=1S/C14H12N2O4/c15-10-5-12-13(20-7-19-12)6-11(10)16-14(18)8-2-1-3-9(17)4-8/h1-6,17H,7,15H2,(H,16,18). The number of hydrogen-bond donors (Lipinski definition) is 3. The first-order chi connectivity index (χ1) is 9.63. The molecule has 1 heterocycles. The fourth-order valence-corrected chi connectivity index (χ4v) is 1.91. The maximum absolute atomic E-state index is 12.1. The smallest absolute Gasteiger partial charge is 0.255 e. The fraction of sp³-hybridized carbons (Fsp3) is 0.0714. The van der Waals surface area contributed by atoms with E-state index in [1.165, 1.54) is 12.1 Å². The summed E-state index contributed by atoms with van der Waals surface area (Å²) in [7, 11) is 0. The van der Waals surface area contributed by atoms with Gasteiger partial charge in [-0.3, -0.25) is 4.79 Å². The molecule has 1 amide bonds. The summed E-state index contributed by atoms with van der Waals surface area (Å²) in [4.78, 5) is 12.1. The Bertz CT molecular complexity index is 685. The number of phenols is 1. The molecule has 20 heavy (non-hydrogen) atoms. The van der Waals surface area contributed by atoms with Crippen LogP contribution in [-0.4, -0.2) is 17.8 Å². The zero-order chi connectivity index (χ0) is 14.1. The number of anilines is 2. The molecule has 4 N–H and O–H groups in total. The van der Waals surface area contributed by atoms with E-state index in [0.29, 0.717) is 28.4 Å². The number of nitrogens with two attached hydrogens (primary N) is 1. The fourth-order valence-electron chi connectivity index (χ4n) is 1.91. The van der Waals surface area contributed by atoms with Gasteiger partial charge in [-0.1, -0.05) is 6.07 Å². The summed E-state index contributed by atoms with van der Waals surface area (Å²) in [5.74, 6) is 0.742. The summed E-state index contributed by atoms with van der Waals surface area (Å²) < 4.78 is 10.4. The third kappa shape index (κ3) is 2.18. The monoisotopic (exact) mass is 272 g/mol. The highest BCUT2D eigenvalue weighted by molar-refractivity contribution is 6.06. The van der Waals surface area contributed by atoms with Gasteiger partial charge in [0.25, 0.3) is 5.91 Å². The van der Waals surface area contributed by atoms with E-state index >= 15 is 0 Å². The Hall–Kier alpha value is -2.89. The topological polar surface area (TPSA) is 93.8 Å². The molecule has 0 fully saturated rings. The molecule has 0 aromatic heterocycles. The first kappa shape index (κ1) is 12.2. The van der Waals surface area contributed by atoms with Crippen molar-refractivity contribution in [3.63, 3.8) is 0 Å².